The summed E-state index contributed by atoms with van der Waals surface area (Å²) in [5.41, 5.74) is 1.57. The molecule has 0 radical (unpaired) electrons. The van der Waals surface area contributed by atoms with Gasteiger partial charge in [-0.05, 0) is 127 Å². The molecule has 12 atom stereocenters. The Bertz CT molecular complexity index is 2120. The summed E-state index contributed by atoms with van der Waals surface area (Å²) in [6.45, 7) is 17.8. The number of esters is 1. The molecule has 2 bridgehead atoms. The third-order valence-electron chi connectivity index (χ3n) is 16.3. The second-order valence-corrected chi connectivity index (χ2v) is 27.9. The Kier molecular flexibility index (Phi) is 26.1. The third-order valence-corrected chi connectivity index (χ3v) is 17.3. The van der Waals surface area contributed by atoms with E-state index in [4.69, 9.17) is 37.6 Å². The van der Waals surface area contributed by atoms with Gasteiger partial charge in [0.25, 0.3) is 11.7 Å². The van der Waals surface area contributed by atoms with Crippen molar-refractivity contribution in [3.05, 3.63) is 47.6 Å². The van der Waals surface area contributed by atoms with Crippen LogP contribution in [0.25, 0.3) is 0 Å². The SMILES string of the molecule is CO[C@H]1C[C@@H]2CC[C@@H](C)[C@@](O)(O2)C(=O)C(=O)N2CCCC[C@H]2C(=O)O[C@H]([C@H](C)C[C@@H]2CC[C@@H](OC(=O)N(C)CCN3CCOCC3)[C@H](OC)C2)CC(=O)C/C=C(\C)C(O[Si](C)(C)C)[C@@H](OC)C(=O)CCC/C=C/C=C/C=C/1C. The molecule has 1 unspecified atom stereocenters. The molecule has 4 heterocycles. The second-order valence-electron chi connectivity index (χ2n) is 23.4. The van der Waals surface area contributed by atoms with Crippen LogP contribution in [0.5, 0.6) is 0 Å². The average Bonchev–Trinajstić information content (AvgIpc) is 3.47. The molecule has 18 nitrogen and oxygen atoms in total. The van der Waals surface area contributed by atoms with Gasteiger partial charge in [-0.3, -0.25) is 24.1 Å². The Morgan fingerprint density at radius 3 is 2.31 bits per heavy atom. The lowest BCUT2D eigenvalue weighted by molar-refractivity contribution is -0.265. The number of carbonyl (C=O) groups excluding carboxylic acids is 6. The molecular weight excluding hydrogens is 1020 g/mol. The number of allylic oxidation sites excluding steroid dienone is 6. The van der Waals surface area contributed by atoms with Crippen molar-refractivity contribution in [3.8, 4) is 0 Å². The van der Waals surface area contributed by atoms with Gasteiger partial charge >= 0.3 is 12.1 Å². The molecule has 1 aliphatic carbocycles. The van der Waals surface area contributed by atoms with Crippen molar-refractivity contribution >= 4 is 43.6 Å². The van der Waals surface area contributed by atoms with Crippen molar-refractivity contribution in [1.29, 1.82) is 0 Å². The zero-order valence-corrected chi connectivity index (χ0v) is 49.9. The Hall–Kier alpha value is -3.92. The summed E-state index contributed by atoms with van der Waals surface area (Å²) >= 11 is 0. The predicted molar refractivity (Wildman–Crippen MR) is 298 cm³/mol. The fourth-order valence-corrected chi connectivity index (χ4v) is 12.4. The summed E-state index contributed by atoms with van der Waals surface area (Å²) < 4.78 is 48.4. The number of morpholine rings is 1. The topological polar surface area (TPSA) is 206 Å². The number of aliphatic hydroxyl groups is 1. The Balaban J connectivity index is 1.41. The van der Waals surface area contributed by atoms with Gasteiger partial charge in [0.2, 0.25) is 5.79 Å². The predicted octanol–water partition coefficient (Wildman–Crippen LogP) is 7.71. The van der Waals surface area contributed by atoms with E-state index in [9.17, 15) is 33.9 Å². The van der Waals surface area contributed by atoms with Gasteiger partial charge in [-0.2, -0.15) is 0 Å². The van der Waals surface area contributed by atoms with Crippen molar-refractivity contribution in [1.82, 2.24) is 14.7 Å². The normalized spacial score (nSPS) is 34.3. The molecule has 1 saturated carbocycles. The highest BCUT2D eigenvalue weighted by atomic mass is 28.4. The number of ketones is 3. The van der Waals surface area contributed by atoms with Crippen LogP contribution >= 0.6 is 0 Å². The Morgan fingerprint density at radius 2 is 1.62 bits per heavy atom. The molecule has 3 saturated heterocycles. The Labute approximate surface area is 466 Å². The molecule has 1 N–H and O–H groups in total. The molecule has 19 heteroatoms. The van der Waals surface area contributed by atoms with E-state index < -0.39 is 86.4 Å². The highest BCUT2D eigenvalue weighted by Gasteiger charge is 2.53. The van der Waals surface area contributed by atoms with Gasteiger partial charge in [-0.15, -0.1) is 0 Å². The second kappa shape index (κ2) is 31.3. The summed E-state index contributed by atoms with van der Waals surface area (Å²) in [5.74, 6) is -6.66. The molecule has 5 rings (SSSR count). The van der Waals surface area contributed by atoms with Crippen LogP contribution in [0.2, 0.25) is 19.6 Å². The summed E-state index contributed by atoms with van der Waals surface area (Å²) in [6.07, 6.45) is 12.9. The van der Waals surface area contributed by atoms with Gasteiger partial charge in [0, 0.05) is 92.7 Å². The number of hydrogen-bond acceptors (Lipinski definition) is 16. The van der Waals surface area contributed by atoms with E-state index in [2.05, 4.69) is 4.90 Å². The molecule has 4 aliphatic heterocycles. The number of carbonyl (C=O) groups is 6. The van der Waals surface area contributed by atoms with Gasteiger partial charge in [-0.25, -0.2) is 9.59 Å². The largest absolute Gasteiger partial charge is 0.460 e. The number of piperidine rings is 1. The first-order valence-corrected chi connectivity index (χ1v) is 32.1. The maximum Gasteiger partial charge on any atom is 0.409 e. The van der Waals surface area contributed by atoms with Crippen LogP contribution in [0.1, 0.15) is 124 Å². The third kappa shape index (κ3) is 19.1. The first kappa shape index (κ1) is 64.9. The average molecular weight is 1110 g/mol. The van der Waals surface area contributed by atoms with Crippen molar-refractivity contribution in [2.75, 3.05) is 74.3 Å². The molecule has 440 valence electrons. The highest BCUT2D eigenvalue weighted by molar-refractivity contribution is 6.69. The molecule has 0 spiro atoms. The van der Waals surface area contributed by atoms with Crippen molar-refractivity contribution < 1.29 is 71.5 Å². The minimum Gasteiger partial charge on any atom is -0.460 e. The van der Waals surface area contributed by atoms with E-state index in [0.717, 1.165) is 25.2 Å². The van der Waals surface area contributed by atoms with Crippen LogP contribution in [-0.4, -0.2) is 192 Å². The number of rotatable bonds is 12. The van der Waals surface area contributed by atoms with E-state index in [1.54, 1.807) is 39.2 Å². The highest BCUT2D eigenvalue weighted by Crippen LogP contribution is 2.38. The fourth-order valence-electron chi connectivity index (χ4n) is 11.4. The van der Waals surface area contributed by atoms with Crippen molar-refractivity contribution in [2.45, 2.75) is 198 Å². The van der Waals surface area contributed by atoms with Gasteiger partial charge in [0.1, 0.15) is 30.1 Å². The number of fused-ring (bicyclic) bond motifs is 3. The lowest BCUT2D eigenvalue weighted by atomic mass is 9.78. The molecular formula is C59H95N3O15Si. The number of amides is 2. The van der Waals surface area contributed by atoms with Crippen LogP contribution in [-0.2, 0) is 61.6 Å². The summed E-state index contributed by atoms with van der Waals surface area (Å²) in [6, 6.07) is -1.15. The monoisotopic (exact) mass is 1110 g/mol. The quantitative estimate of drug-likeness (QED) is 0.0860. The number of Topliss-reactive ketones (excluding diaryl/α,β-unsaturated/α-hetero) is 3. The maximum absolute atomic E-state index is 14.7. The standard InChI is InChI=1S/C59H95N3O15Si/c1-40-20-16-14-12-13-15-17-22-48(64)54(72-8)53(77-78(9,10)11)41(2)23-26-45(63)38-51(42(3)36-44-25-28-49(52(37-44)71-7)75-58(68)60(5)30-31-61-32-34-73-35-33-61)74-57(67)47-21-18-19-29-62(47)56(66)55(65)59(69)43(4)24-27-46(76-59)39-50(40)70-6/h12-14,16,20,23,42-44,46-47,49-54,69H,15,17-19,21-22,24-39H2,1-11H3/b13-12+,16-14+,40-20+,41-23+/t42-,43-,44+,46+,47+,49-,50+,51+,52-,53?,54+,59-/m1/s1. The minimum atomic E-state index is -2.44. The lowest BCUT2D eigenvalue weighted by Crippen LogP contribution is -2.61. The number of nitrogens with zero attached hydrogens (tertiary/aromatic N) is 3. The number of ether oxygens (including phenoxy) is 7. The van der Waals surface area contributed by atoms with Crippen LogP contribution in [0, 0.1) is 17.8 Å². The zero-order chi connectivity index (χ0) is 57.2. The smallest absolute Gasteiger partial charge is 0.409 e. The summed E-state index contributed by atoms with van der Waals surface area (Å²) in [4.78, 5) is 89.9. The van der Waals surface area contributed by atoms with Gasteiger partial charge in [0.05, 0.1) is 37.6 Å². The van der Waals surface area contributed by atoms with Crippen LogP contribution in [0.15, 0.2) is 47.6 Å². The van der Waals surface area contributed by atoms with Gasteiger partial charge in [0.15, 0.2) is 14.1 Å². The lowest BCUT2D eigenvalue weighted by Gasteiger charge is -2.42. The van der Waals surface area contributed by atoms with Crippen molar-refractivity contribution in [3.63, 3.8) is 0 Å². The van der Waals surface area contributed by atoms with E-state index in [-0.39, 0.29) is 61.7 Å². The van der Waals surface area contributed by atoms with Gasteiger partial charge < -0.3 is 52.5 Å². The van der Waals surface area contributed by atoms with Crippen molar-refractivity contribution in [2.24, 2.45) is 17.8 Å². The molecule has 4 fully saturated rings. The maximum atomic E-state index is 14.7. The number of likely N-dealkylation sites (N-methyl/N-ethyl adjacent to an activating group) is 1. The first-order chi connectivity index (χ1) is 37.1. The van der Waals surface area contributed by atoms with Crippen LogP contribution < -0.4 is 0 Å². The molecule has 5 aliphatic rings. The number of cyclic esters (lactones) is 1. The van der Waals surface area contributed by atoms with E-state index in [0.29, 0.717) is 96.0 Å². The number of hydrogen-bond donors (Lipinski definition) is 1. The first-order valence-electron chi connectivity index (χ1n) is 28.7. The Morgan fingerprint density at radius 1 is 0.872 bits per heavy atom. The van der Waals surface area contributed by atoms with Crippen LogP contribution in [0.3, 0.4) is 0 Å². The van der Waals surface area contributed by atoms with Crippen LogP contribution in [0.4, 0.5) is 4.79 Å². The zero-order valence-electron chi connectivity index (χ0n) is 48.9. The van der Waals surface area contributed by atoms with Gasteiger partial charge in [-0.1, -0.05) is 50.3 Å². The van der Waals surface area contributed by atoms with E-state index in [1.165, 1.54) is 12.0 Å². The molecule has 0 aromatic carbocycles. The fraction of sp³-hybridized carbons (Fsp3) is 0.763. The van der Waals surface area contributed by atoms with E-state index >= 15 is 0 Å². The molecule has 0 aromatic rings. The summed E-state index contributed by atoms with van der Waals surface area (Å²) in [7, 11) is 4.16. The van der Waals surface area contributed by atoms with E-state index in [1.807, 2.05) is 70.8 Å². The molecule has 78 heavy (non-hydrogen) atoms. The molecule has 2 amide bonds. The summed E-state index contributed by atoms with van der Waals surface area (Å²) in [5, 5.41) is 12.1. The molecule has 0 aromatic heterocycles. The minimum absolute atomic E-state index is 0.0373. The number of methoxy groups -OCH3 is 3.